The molecule has 2 heterocycles. The number of benzene rings is 1. The van der Waals surface area contributed by atoms with Crippen LogP contribution in [-0.4, -0.2) is 84.6 Å². The van der Waals surface area contributed by atoms with Crippen LogP contribution in [0.4, 0.5) is 9.59 Å². The van der Waals surface area contributed by atoms with Crippen LogP contribution in [-0.2, 0) is 9.53 Å². The first kappa shape index (κ1) is 27.5. The van der Waals surface area contributed by atoms with Gasteiger partial charge in [0.1, 0.15) is 0 Å². The summed E-state index contributed by atoms with van der Waals surface area (Å²) in [5, 5.41) is 6.04. The van der Waals surface area contributed by atoms with E-state index in [1.165, 1.54) is 4.90 Å². The number of carbonyl (C=O) groups is 3. The van der Waals surface area contributed by atoms with Crippen LogP contribution in [0.15, 0.2) is 29.5 Å². The smallest absolute Gasteiger partial charge is 0.338 e. The highest BCUT2D eigenvalue weighted by Gasteiger charge is 2.38. The first-order valence-electron chi connectivity index (χ1n) is 12.7. The Kier molecular flexibility index (Phi) is 8.66. The molecule has 198 valence electrons. The van der Waals surface area contributed by atoms with Gasteiger partial charge in [-0.2, -0.15) is 0 Å². The summed E-state index contributed by atoms with van der Waals surface area (Å²) in [5.74, 6) is -0.426. The van der Waals surface area contributed by atoms with Gasteiger partial charge in [0, 0.05) is 51.0 Å². The van der Waals surface area contributed by atoms with Crippen LogP contribution < -0.4 is 10.6 Å². The third-order valence-electron chi connectivity index (χ3n) is 6.54. The van der Waals surface area contributed by atoms with E-state index in [2.05, 4.69) is 15.5 Å². The average Bonchev–Trinajstić information content (AvgIpc) is 3.01. The molecule has 3 rings (SSSR count). The molecule has 9 nitrogen and oxygen atoms in total. The minimum atomic E-state index is -0.593. The minimum absolute atomic E-state index is 0.0696. The molecule has 1 saturated heterocycles. The van der Waals surface area contributed by atoms with Crippen molar-refractivity contribution < 1.29 is 19.1 Å². The van der Waals surface area contributed by atoms with Crippen molar-refractivity contribution in [3.63, 3.8) is 0 Å². The number of esters is 1. The molecule has 2 aliphatic heterocycles. The lowest BCUT2D eigenvalue weighted by atomic mass is 9.90. The summed E-state index contributed by atoms with van der Waals surface area (Å²) in [4.78, 5) is 44.5. The van der Waals surface area contributed by atoms with Crippen LogP contribution in [0.3, 0.4) is 0 Å². The van der Waals surface area contributed by atoms with Gasteiger partial charge in [0.25, 0.3) is 0 Å². The van der Waals surface area contributed by atoms with Gasteiger partial charge in [-0.1, -0.05) is 23.8 Å². The number of likely N-dealkylation sites (N-methyl/N-ethyl adjacent to an activating group) is 1. The third kappa shape index (κ3) is 6.57. The molecule has 0 bridgehead atoms. The zero-order valence-corrected chi connectivity index (χ0v) is 22.7. The van der Waals surface area contributed by atoms with Gasteiger partial charge < -0.3 is 20.3 Å². The number of hydrogen-bond acceptors (Lipinski definition) is 5. The quantitative estimate of drug-likeness (QED) is 0.606. The SMILES string of the molecule is CCOC(=O)C1=C(CN2CCCN(C(=O)NC(C)(C)C)CC2)N(C)C(=O)N[C@H]1c1ccc(C)cc1C. The summed E-state index contributed by atoms with van der Waals surface area (Å²) in [6.07, 6.45) is 0.802. The lowest BCUT2D eigenvalue weighted by Gasteiger charge is -2.37. The van der Waals surface area contributed by atoms with Gasteiger partial charge in [-0.15, -0.1) is 0 Å². The van der Waals surface area contributed by atoms with Crippen molar-refractivity contribution in [1.29, 1.82) is 0 Å². The van der Waals surface area contributed by atoms with E-state index in [4.69, 9.17) is 4.74 Å². The van der Waals surface area contributed by atoms with Crippen LogP contribution in [0, 0.1) is 13.8 Å². The summed E-state index contributed by atoms with van der Waals surface area (Å²) in [6, 6.07) is 5.08. The number of nitrogens with zero attached hydrogens (tertiary/aromatic N) is 3. The van der Waals surface area contributed by atoms with Crippen molar-refractivity contribution in [2.75, 3.05) is 46.4 Å². The first-order valence-corrected chi connectivity index (χ1v) is 12.7. The number of carbonyl (C=O) groups excluding carboxylic acids is 3. The van der Waals surface area contributed by atoms with E-state index in [0.717, 1.165) is 29.7 Å². The van der Waals surface area contributed by atoms with Gasteiger partial charge in [-0.3, -0.25) is 9.80 Å². The molecule has 1 atom stereocenters. The molecule has 9 heteroatoms. The van der Waals surface area contributed by atoms with E-state index in [1.807, 2.05) is 57.7 Å². The van der Waals surface area contributed by atoms with E-state index in [1.54, 1.807) is 14.0 Å². The Labute approximate surface area is 214 Å². The highest BCUT2D eigenvalue weighted by molar-refractivity contribution is 5.95. The number of hydrogen-bond donors (Lipinski definition) is 2. The second-order valence-corrected chi connectivity index (χ2v) is 10.7. The predicted molar refractivity (Wildman–Crippen MR) is 140 cm³/mol. The molecule has 0 aromatic heterocycles. The Balaban J connectivity index is 1.91. The van der Waals surface area contributed by atoms with Crippen molar-refractivity contribution in [1.82, 2.24) is 25.3 Å². The summed E-state index contributed by atoms with van der Waals surface area (Å²) < 4.78 is 5.46. The van der Waals surface area contributed by atoms with Gasteiger partial charge in [0.15, 0.2) is 0 Å². The third-order valence-corrected chi connectivity index (χ3v) is 6.54. The molecule has 1 aromatic carbocycles. The maximum absolute atomic E-state index is 13.3. The maximum Gasteiger partial charge on any atom is 0.338 e. The van der Waals surface area contributed by atoms with Crippen molar-refractivity contribution >= 4 is 18.0 Å². The molecule has 1 aromatic rings. The largest absolute Gasteiger partial charge is 0.463 e. The van der Waals surface area contributed by atoms with Crippen molar-refractivity contribution in [3.8, 4) is 0 Å². The highest BCUT2D eigenvalue weighted by atomic mass is 16.5. The molecule has 0 radical (unpaired) electrons. The molecule has 0 spiro atoms. The Morgan fingerprint density at radius 2 is 1.86 bits per heavy atom. The number of urea groups is 2. The molecule has 0 saturated carbocycles. The van der Waals surface area contributed by atoms with Gasteiger partial charge >= 0.3 is 18.0 Å². The minimum Gasteiger partial charge on any atom is -0.463 e. The molecule has 0 unspecified atom stereocenters. The number of ether oxygens (including phenoxy) is 1. The topological polar surface area (TPSA) is 94.2 Å². The van der Waals surface area contributed by atoms with Gasteiger partial charge in [-0.25, -0.2) is 14.4 Å². The number of aryl methyl sites for hydroxylation is 2. The number of rotatable bonds is 5. The zero-order chi connectivity index (χ0) is 26.6. The predicted octanol–water partition coefficient (Wildman–Crippen LogP) is 3.33. The van der Waals surface area contributed by atoms with Gasteiger partial charge in [0.2, 0.25) is 0 Å². The van der Waals surface area contributed by atoms with E-state index in [0.29, 0.717) is 37.4 Å². The lowest BCUT2D eigenvalue weighted by Crippen LogP contribution is -2.50. The first-order chi connectivity index (χ1) is 16.9. The van der Waals surface area contributed by atoms with Crippen LogP contribution in [0.5, 0.6) is 0 Å². The second kappa shape index (κ2) is 11.3. The van der Waals surface area contributed by atoms with Crippen molar-refractivity contribution in [2.45, 2.75) is 59.5 Å². The Morgan fingerprint density at radius 3 is 2.50 bits per heavy atom. The lowest BCUT2D eigenvalue weighted by molar-refractivity contribution is -0.139. The van der Waals surface area contributed by atoms with E-state index in [9.17, 15) is 14.4 Å². The fraction of sp³-hybridized carbons (Fsp3) is 0.593. The molecular weight excluding hydrogens is 458 g/mol. The summed E-state index contributed by atoms with van der Waals surface area (Å²) in [6.45, 7) is 15.0. The average molecular weight is 500 g/mol. The summed E-state index contributed by atoms with van der Waals surface area (Å²) in [7, 11) is 1.68. The molecule has 0 aliphatic carbocycles. The normalized spacial score (nSPS) is 19.6. The molecule has 4 amide bonds. The summed E-state index contributed by atoms with van der Waals surface area (Å²) >= 11 is 0. The molecule has 2 N–H and O–H groups in total. The van der Waals surface area contributed by atoms with Crippen molar-refractivity contribution in [2.24, 2.45) is 0 Å². The van der Waals surface area contributed by atoms with Crippen LogP contribution >= 0.6 is 0 Å². The van der Waals surface area contributed by atoms with Crippen LogP contribution in [0.1, 0.15) is 56.8 Å². The maximum atomic E-state index is 13.3. The number of nitrogens with one attached hydrogen (secondary N) is 2. The molecule has 36 heavy (non-hydrogen) atoms. The Hall–Kier alpha value is -3.07. The fourth-order valence-corrected chi connectivity index (χ4v) is 4.72. The van der Waals surface area contributed by atoms with Gasteiger partial charge in [-0.05, 0) is 59.1 Å². The highest BCUT2D eigenvalue weighted by Crippen LogP contribution is 2.33. The van der Waals surface area contributed by atoms with E-state index >= 15 is 0 Å². The Bertz CT molecular complexity index is 1030. The number of amides is 4. The van der Waals surface area contributed by atoms with Crippen LogP contribution in [0.25, 0.3) is 0 Å². The summed E-state index contributed by atoms with van der Waals surface area (Å²) in [5.41, 5.74) is 3.78. The fourth-order valence-electron chi connectivity index (χ4n) is 4.72. The monoisotopic (exact) mass is 499 g/mol. The molecule has 1 fully saturated rings. The van der Waals surface area contributed by atoms with E-state index in [-0.39, 0.29) is 24.2 Å². The van der Waals surface area contributed by atoms with Crippen LogP contribution in [0.2, 0.25) is 0 Å². The van der Waals surface area contributed by atoms with E-state index < -0.39 is 12.0 Å². The molecule has 2 aliphatic rings. The second-order valence-electron chi connectivity index (χ2n) is 10.7. The van der Waals surface area contributed by atoms with Gasteiger partial charge in [0.05, 0.1) is 18.2 Å². The zero-order valence-electron chi connectivity index (χ0n) is 22.7. The Morgan fingerprint density at radius 1 is 1.14 bits per heavy atom. The molecular formula is C27H41N5O4. The standard InChI is InChI=1S/C27H41N5O4/c1-8-36-24(33)22-21(17-31-12-9-13-32(15-14-31)26(35)29-27(4,5)6)30(7)25(34)28-23(22)20-11-10-18(2)16-19(20)3/h10-11,16,23H,8-9,12-15,17H2,1-7H3,(H,28,34)(H,29,35)/t23-/m0/s1. The van der Waals surface area contributed by atoms with Crippen molar-refractivity contribution in [3.05, 3.63) is 46.2 Å².